The van der Waals surface area contributed by atoms with Crippen molar-refractivity contribution >= 4 is 18.0 Å². The largest absolute Gasteiger partial charge is 0.478 e. The van der Waals surface area contributed by atoms with Gasteiger partial charge in [-0.15, -0.1) is 0 Å². The van der Waals surface area contributed by atoms with E-state index in [1.807, 2.05) is 13.0 Å². The van der Waals surface area contributed by atoms with Gasteiger partial charge in [0.1, 0.15) is 0 Å². The zero-order valence-electron chi connectivity index (χ0n) is 13.1. The number of hydrogen-bond acceptors (Lipinski definition) is 2. The number of hydrogen-bond donors (Lipinski definition) is 1. The van der Waals surface area contributed by atoms with Crippen LogP contribution in [-0.4, -0.2) is 35.5 Å². The molecule has 0 radical (unpaired) electrons. The number of benzene rings is 1. The summed E-state index contributed by atoms with van der Waals surface area (Å²) >= 11 is 0. The molecule has 0 unspecified atom stereocenters. The smallest absolute Gasteiger partial charge is 0.328 e. The minimum absolute atomic E-state index is 0.0411. The molecule has 0 bridgehead atoms. The van der Waals surface area contributed by atoms with E-state index in [1.54, 1.807) is 24.1 Å². The van der Waals surface area contributed by atoms with Crippen LogP contribution in [-0.2, 0) is 4.79 Å². The summed E-state index contributed by atoms with van der Waals surface area (Å²) in [5, 5.41) is 8.69. The highest BCUT2D eigenvalue weighted by atomic mass is 16.4. The predicted octanol–water partition coefficient (Wildman–Crippen LogP) is 3.21. The summed E-state index contributed by atoms with van der Waals surface area (Å²) < 4.78 is 0. The predicted molar refractivity (Wildman–Crippen MR) is 84.3 cm³/mol. The molecule has 1 rings (SSSR count). The van der Waals surface area contributed by atoms with E-state index in [0.717, 1.165) is 23.6 Å². The standard InChI is InChI=1S/C17H23NO3/c1-12(2)9-10-18(4)17(21)15-6-5-13(3)14(11-15)7-8-16(19)20/h5-8,11-12H,9-10H2,1-4H3,(H,19,20)/b8-7+. The van der Waals surface area contributed by atoms with E-state index >= 15 is 0 Å². The Morgan fingerprint density at radius 2 is 2.00 bits per heavy atom. The van der Waals surface area contributed by atoms with Gasteiger partial charge < -0.3 is 10.0 Å². The van der Waals surface area contributed by atoms with E-state index in [4.69, 9.17) is 5.11 Å². The van der Waals surface area contributed by atoms with Gasteiger partial charge in [0, 0.05) is 25.2 Å². The molecule has 1 aromatic rings. The molecule has 4 nitrogen and oxygen atoms in total. The number of carbonyl (C=O) groups excluding carboxylic acids is 1. The summed E-state index contributed by atoms with van der Waals surface area (Å²) in [6.07, 6.45) is 3.56. The molecule has 4 heteroatoms. The quantitative estimate of drug-likeness (QED) is 0.818. The molecule has 0 aliphatic carbocycles. The Labute approximate surface area is 126 Å². The third-order valence-corrected chi connectivity index (χ3v) is 3.32. The second-order valence-corrected chi connectivity index (χ2v) is 5.65. The van der Waals surface area contributed by atoms with Gasteiger partial charge in [-0.2, -0.15) is 0 Å². The summed E-state index contributed by atoms with van der Waals surface area (Å²) in [6.45, 7) is 6.85. The first-order chi connectivity index (χ1) is 9.81. The molecular weight excluding hydrogens is 266 g/mol. The zero-order chi connectivity index (χ0) is 16.0. The molecule has 0 aromatic heterocycles. The molecule has 0 atom stereocenters. The van der Waals surface area contributed by atoms with Crippen molar-refractivity contribution in [2.24, 2.45) is 5.92 Å². The van der Waals surface area contributed by atoms with Gasteiger partial charge in [-0.05, 0) is 48.6 Å². The second-order valence-electron chi connectivity index (χ2n) is 5.65. The number of carbonyl (C=O) groups is 2. The summed E-state index contributed by atoms with van der Waals surface area (Å²) in [7, 11) is 1.79. The molecule has 1 amide bonds. The van der Waals surface area contributed by atoms with Gasteiger partial charge in [-0.25, -0.2) is 4.79 Å². The third kappa shape index (κ3) is 5.42. The SMILES string of the molecule is Cc1ccc(C(=O)N(C)CCC(C)C)cc1/C=C/C(=O)O. The summed E-state index contributed by atoms with van der Waals surface area (Å²) in [6, 6.07) is 5.36. The zero-order valence-corrected chi connectivity index (χ0v) is 13.1. The number of amides is 1. The Morgan fingerprint density at radius 1 is 1.33 bits per heavy atom. The second kappa shape index (κ2) is 7.62. The Balaban J connectivity index is 2.90. The van der Waals surface area contributed by atoms with Crippen LogP contribution in [0.2, 0.25) is 0 Å². The highest BCUT2D eigenvalue weighted by Gasteiger charge is 2.12. The van der Waals surface area contributed by atoms with Crippen molar-refractivity contribution in [2.75, 3.05) is 13.6 Å². The van der Waals surface area contributed by atoms with Crippen LogP contribution in [0.4, 0.5) is 0 Å². The highest BCUT2D eigenvalue weighted by Crippen LogP contribution is 2.15. The average Bonchev–Trinajstić information content (AvgIpc) is 2.42. The topological polar surface area (TPSA) is 57.6 Å². The van der Waals surface area contributed by atoms with Gasteiger partial charge >= 0.3 is 5.97 Å². The highest BCUT2D eigenvalue weighted by molar-refractivity contribution is 5.95. The maximum atomic E-state index is 12.3. The first-order valence-electron chi connectivity index (χ1n) is 7.08. The lowest BCUT2D eigenvalue weighted by Crippen LogP contribution is -2.28. The first kappa shape index (κ1) is 17.0. The molecule has 114 valence electrons. The molecule has 0 spiro atoms. The van der Waals surface area contributed by atoms with Crippen molar-refractivity contribution in [3.8, 4) is 0 Å². The van der Waals surface area contributed by atoms with E-state index in [1.165, 1.54) is 6.08 Å². The number of aryl methyl sites for hydroxylation is 1. The van der Waals surface area contributed by atoms with Crippen molar-refractivity contribution in [1.29, 1.82) is 0 Å². The molecule has 0 saturated heterocycles. The fraction of sp³-hybridized carbons (Fsp3) is 0.412. The number of rotatable bonds is 6. The summed E-state index contributed by atoms with van der Waals surface area (Å²) in [5.41, 5.74) is 2.27. The molecular formula is C17H23NO3. The van der Waals surface area contributed by atoms with E-state index in [-0.39, 0.29) is 5.91 Å². The van der Waals surface area contributed by atoms with Crippen molar-refractivity contribution < 1.29 is 14.7 Å². The summed E-state index contributed by atoms with van der Waals surface area (Å²) in [5.74, 6) is -0.492. The number of aliphatic carboxylic acids is 1. The maximum Gasteiger partial charge on any atom is 0.328 e. The molecule has 0 saturated carbocycles. The van der Waals surface area contributed by atoms with Gasteiger partial charge in [0.25, 0.3) is 5.91 Å². The van der Waals surface area contributed by atoms with E-state index in [0.29, 0.717) is 18.0 Å². The lowest BCUT2D eigenvalue weighted by molar-refractivity contribution is -0.131. The fourth-order valence-electron chi connectivity index (χ4n) is 1.89. The first-order valence-corrected chi connectivity index (χ1v) is 7.08. The van der Waals surface area contributed by atoms with E-state index in [2.05, 4.69) is 13.8 Å². The molecule has 21 heavy (non-hydrogen) atoms. The van der Waals surface area contributed by atoms with Crippen molar-refractivity contribution in [2.45, 2.75) is 27.2 Å². The Hall–Kier alpha value is -2.10. The van der Waals surface area contributed by atoms with Gasteiger partial charge in [0.15, 0.2) is 0 Å². The number of carboxylic acids is 1. The third-order valence-electron chi connectivity index (χ3n) is 3.32. The van der Waals surface area contributed by atoms with Crippen LogP contribution in [0.15, 0.2) is 24.3 Å². The van der Waals surface area contributed by atoms with Crippen LogP contribution in [0, 0.1) is 12.8 Å². The van der Waals surface area contributed by atoms with Gasteiger partial charge in [-0.1, -0.05) is 19.9 Å². The van der Waals surface area contributed by atoms with Crippen LogP contribution in [0.5, 0.6) is 0 Å². The fourth-order valence-corrected chi connectivity index (χ4v) is 1.89. The molecule has 1 N–H and O–H groups in total. The lowest BCUT2D eigenvalue weighted by Gasteiger charge is -2.19. The molecule has 0 aliphatic heterocycles. The number of carboxylic acid groups (broad SMARTS) is 1. The van der Waals surface area contributed by atoms with Gasteiger partial charge in [0.2, 0.25) is 0 Å². The lowest BCUT2D eigenvalue weighted by atomic mass is 10.0. The Bertz CT molecular complexity index is 547. The average molecular weight is 289 g/mol. The summed E-state index contributed by atoms with van der Waals surface area (Å²) in [4.78, 5) is 24.6. The van der Waals surface area contributed by atoms with Crippen LogP contribution < -0.4 is 0 Å². The molecule has 0 fully saturated rings. The monoisotopic (exact) mass is 289 g/mol. The molecule has 1 aromatic carbocycles. The molecule has 0 heterocycles. The minimum Gasteiger partial charge on any atom is -0.478 e. The maximum absolute atomic E-state index is 12.3. The van der Waals surface area contributed by atoms with Crippen molar-refractivity contribution in [3.63, 3.8) is 0 Å². The Morgan fingerprint density at radius 3 is 2.57 bits per heavy atom. The number of nitrogens with zero attached hydrogens (tertiary/aromatic N) is 1. The minimum atomic E-state index is -1.000. The molecule has 0 aliphatic rings. The van der Waals surface area contributed by atoms with Crippen LogP contribution in [0.1, 0.15) is 41.8 Å². The van der Waals surface area contributed by atoms with Crippen LogP contribution >= 0.6 is 0 Å². The van der Waals surface area contributed by atoms with Gasteiger partial charge in [-0.3, -0.25) is 4.79 Å². The van der Waals surface area contributed by atoms with Gasteiger partial charge in [0.05, 0.1) is 0 Å². The Kier molecular flexibility index (Phi) is 6.15. The van der Waals surface area contributed by atoms with Crippen molar-refractivity contribution in [1.82, 2.24) is 4.90 Å². The van der Waals surface area contributed by atoms with Crippen LogP contribution in [0.3, 0.4) is 0 Å². The van der Waals surface area contributed by atoms with Crippen molar-refractivity contribution in [3.05, 3.63) is 41.0 Å². The van der Waals surface area contributed by atoms with E-state index in [9.17, 15) is 9.59 Å². The normalized spacial score (nSPS) is 11.1. The van der Waals surface area contributed by atoms with E-state index < -0.39 is 5.97 Å². The van der Waals surface area contributed by atoms with Crippen LogP contribution in [0.25, 0.3) is 6.08 Å².